The van der Waals surface area contributed by atoms with Crippen LogP contribution in [0.25, 0.3) is 0 Å². The number of hydrogen-bond acceptors (Lipinski definition) is 3. The van der Waals surface area contributed by atoms with Crippen LogP contribution >= 0.6 is 0 Å². The van der Waals surface area contributed by atoms with Crippen LogP contribution in [0.5, 0.6) is 0 Å². The second-order valence-corrected chi connectivity index (χ2v) is 3.69. The van der Waals surface area contributed by atoms with E-state index < -0.39 is 11.9 Å². The fraction of sp³-hybridized carbons (Fsp3) is 0.0714. The van der Waals surface area contributed by atoms with Crippen molar-refractivity contribution in [1.29, 1.82) is 0 Å². The van der Waals surface area contributed by atoms with Gasteiger partial charge in [-0.2, -0.15) is 5.90 Å². The largest absolute Gasteiger partial charge is 0.373 e. The molecule has 3 nitrogen and oxygen atoms in total. The van der Waals surface area contributed by atoms with Gasteiger partial charge in [0.25, 0.3) is 0 Å². The molecular weight excluding hydrogens is 214 g/mol. The van der Waals surface area contributed by atoms with E-state index in [1.807, 2.05) is 60.7 Å². The van der Waals surface area contributed by atoms with Crippen molar-refractivity contribution in [3.8, 4) is 0 Å². The molecule has 17 heavy (non-hydrogen) atoms. The predicted molar refractivity (Wildman–Crippen MR) is 65.0 cm³/mol. The number of hydrogen-bond donors (Lipinski definition) is 1. The van der Waals surface area contributed by atoms with Crippen molar-refractivity contribution < 1.29 is 9.63 Å². The summed E-state index contributed by atoms with van der Waals surface area (Å²) in [6.45, 7) is 0. The zero-order valence-electron chi connectivity index (χ0n) is 9.24. The van der Waals surface area contributed by atoms with E-state index in [4.69, 9.17) is 5.90 Å². The highest BCUT2D eigenvalue weighted by Crippen LogP contribution is 2.25. The van der Waals surface area contributed by atoms with Gasteiger partial charge in [0.15, 0.2) is 0 Å². The van der Waals surface area contributed by atoms with Crippen LogP contribution in [0.15, 0.2) is 60.7 Å². The van der Waals surface area contributed by atoms with Gasteiger partial charge in [0, 0.05) is 0 Å². The topological polar surface area (TPSA) is 52.3 Å². The molecule has 0 aliphatic carbocycles. The van der Waals surface area contributed by atoms with Crippen LogP contribution < -0.4 is 5.90 Å². The van der Waals surface area contributed by atoms with Gasteiger partial charge in [0.1, 0.15) is 5.92 Å². The third-order valence-corrected chi connectivity index (χ3v) is 2.62. The molecule has 2 aromatic rings. The maximum atomic E-state index is 11.8. The standard InChI is InChI=1S/C14H13NO2/c15-17-14(16)13(11-7-3-1-4-8-11)12-9-5-2-6-10-12/h1-10,13H,15H2. The molecule has 0 aromatic heterocycles. The van der Waals surface area contributed by atoms with Crippen LogP contribution in [0.1, 0.15) is 17.0 Å². The zero-order chi connectivity index (χ0) is 12.1. The maximum absolute atomic E-state index is 11.8. The average molecular weight is 227 g/mol. The number of benzene rings is 2. The number of carbonyl (C=O) groups excluding carboxylic acids is 1. The van der Waals surface area contributed by atoms with E-state index >= 15 is 0 Å². The minimum Gasteiger partial charge on any atom is -0.373 e. The highest BCUT2D eigenvalue weighted by Gasteiger charge is 2.23. The van der Waals surface area contributed by atoms with Gasteiger partial charge in [0.2, 0.25) is 0 Å². The summed E-state index contributed by atoms with van der Waals surface area (Å²) in [7, 11) is 0. The maximum Gasteiger partial charge on any atom is 0.336 e. The Bertz CT molecular complexity index is 443. The van der Waals surface area contributed by atoms with Crippen LogP contribution in [0.4, 0.5) is 0 Å². The molecule has 0 spiro atoms. The number of carbonyl (C=O) groups is 1. The highest BCUT2D eigenvalue weighted by molar-refractivity contribution is 5.81. The Kier molecular flexibility index (Phi) is 3.52. The summed E-state index contributed by atoms with van der Waals surface area (Å²) in [5, 5.41) is 0. The summed E-state index contributed by atoms with van der Waals surface area (Å²) in [5.74, 6) is 4.07. The molecule has 0 saturated carbocycles. The highest BCUT2D eigenvalue weighted by atomic mass is 16.7. The Morgan fingerprint density at radius 2 is 1.29 bits per heavy atom. The van der Waals surface area contributed by atoms with Gasteiger partial charge in [-0.1, -0.05) is 60.7 Å². The Hall–Kier alpha value is -2.13. The molecule has 86 valence electrons. The minimum atomic E-state index is -0.470. The second kappa shape index (κ2) is 5.27. The van der Waals surface area contributed by atoms with Crippen molar-refractivity contribution in [2.45, 2.75) is 5.92 Å². The van der Waals surface area contributed by atoms with Gasteiger partial charge < -0.3 is 4.84 Å². The van der Waals surface area contributed by atoms with Crippen LogP contribution in [-0.4, -0.2) is 5.97 Å². The first kappa shape index (κ1) is 11.4. The minimum absolute atomic E-state index is 0.456. The van der Waals surface area contributed by atoms with Crippen molar-refractivity contribution in [3.05, 3.63) is 71.8 Å². The Balaban J connectivity index is 2.43. The van der Waals surface area contributed by atoms with Crippen molar-refractivity contribution in [3.63, 3.8) is 0 Å². The monoisotopic (exact) mass is 227 g/mol. The van der Waals surface area contributed by atoms with Crippen LogP contribution in [-0.2, 0) is 9.63 Å². The fourth-order valence-electron chi connectivity index (χ4n) is 1.82. The van der Waals surface area contributed by atoms with E-state index in [0.29, 0.717) is 0 Å². The third kappa shape index (κ3) is 2.52. The third-order valence-electron chi connectivity index (χ3n) is 2.62. The predicted octanol–water partition coefficient (Wildman–Crippen LogP) is 2.24. The van der Waals surface area contributed by atoms with E-state index in [1.165, 1.54) is 0 Å². The lowest BCUT2D eigenvalue weighted by atomic mass is 9.91. The van der Waals surface area contributed by atoms with Gasteiger partial charge in [-0.15, -0.1) is 0 Å². The quantitative estimate of drug-likeness (QED) is 0.818. The van der Waals surface area contributed by atoms with Gasteiger partial charge in [-0.25, -0.2) is 4.79 Å². The summed E-state index contributed by atoms with van der Waals surface area (Å²) >= 11 is 0. The smallest absolute Gasteiger partial charge is 0.336 e. The summed E-state index contributed by atoms with van der Waals surface area (Å²) in [4.78, 5) is 16.1. The van der Waals surface area contributed by atoms with Crippen LogP contribution in [0.2, 0.25) is 0 Å². The lowest BCUT2D eigenvalue weighted by Gasteiger charge is -2.14. The Labute approximate surface area is 99.8 Å². The second-order valence-electron chi connectivity index (χ2n) is 3.69. The number of rotatable bonds is 3. The molecule has 0 aliphatic rings. The Morgan fingerprint density at radius 3 is 1.65 bits per heavy atom. The lowest BCUT2D eigenvalue weighted by molar-refractivity contribution is -0.144. The Morgan fingerprint density at radius 1 is 0.882 bits per heavy atom. The molecule has 0 fully saturated rings. The summed E-state index contributed by atoms with van der Waals surface area (Å²) in [6, 6.07) is 18.9. The molecule has 2 N–H and O–H groups in total. The van der Waals surface area contributed by atoms with Gasteiger partial charge in [-0.05, 0) is 11.1 Å². The molecule has 0 radical (unpaired) electrons. The normalized spacial score (nSPS) is 10.2. The average Bonchev–Trinajstić information content (AvgIpc) is 2.41. The van der Waals surface area contributed by atoms with Gasteiger partial charge in [-0.3, -0.25) is 0 Å². The van der Waals surface area contributed by atoms with E-state index in [2.05, 4.69) is 4.84 Å². The fourth-order valence-corrected chi connectivity index (χ4v) is 1.82. The lowest BCUT2D eigenvalue weighted by Crippen LogP contribution is -2.20. The van der Waals surface area contributed by atoms with E-state index in [9.17, 15) is 4.79 Å². The molecule has 0 amide bonds. The molecule has 0 unspecified atom stereocenters. The molecule has 0 heterocycles. The SMILES string of the molecule is NOC(=O)C(c1ccccc1)c1ccccc1. The van der Waals surface area contributed by atoms with Crippen LogP contribution in [0.3, 0.4) is 0 Å². The molecule has 2 aromatic carbocycles. The van der Waals surface area contributed by atoms with Crippen molar-refractivity contribution in [2.75, 3.05) is 0 Å². The molecule has 2 rings (SSSR count). The van der Waals surface area contributed by atoms with Crippen molar-refractivity contribution in [1.82, 2.24) is 0 Å². The molecule has 0 atom stereocenters. The van der Waals surface area contributed by atoms with Gasteiger partial charge in [0.05, 0.1) is 0 Å². The first-order valence-corrected chi connectivity index (χ1v) is 5.33. The van der Waals surface area contributed by atoms with Gasteiger partial charge >= 0.3 is 5.97 Å². The summed E-state index contributed by atoms with van der Waals surface area (Å²) in [6.07, 6.45) is 0. The van der Waals surface area contributed by atoms with Crippen molar-refractivity contribution in [2.24, 2.45) is 5.90 Å². The molecule has 0 aliphatic heterocycles. The van der Waals surface area contributed by atoms with E-state index in [-0.39, 0.29) is 0 Å². The molecule has 3 heteroatoms. The van der Waals surface area contributed by atoms with E-state index in [1.54, 1.807) is 0 Å². The molecular formula is C14H13NO2. The summed E-state index contributed by atoms with van der Waals surface area (Å²) < 4.78 is 0. The molecule has 0 saturated heterocycles. The first-order valence-electron chi connectivity index (χ1n) is 5.33. The van der Waals surface area contributed by atoms with Crippen LogP contribution in [0, 0.1) is 0 Å². The number of nitrogens with two attached hydrogens (primary N) is 1. The van der Waals surface area contributed by atoms with Crippen molar-refractivity contribution >= 4 is 5.97 Å². The summed E-state index contributed by atoms with van der Waals surface area (Å²) in [5.41, 5.74) is 1.74. The zero-order valence-corrected chi connectivity index (χ0v) is 9.24. The van der Waals surface area contributed by atoms with E-state index in [0.717, 1.165) is 11.1 Å². The molecule has 0 bridgehead atoms. The first-order chi connectivity index (χ1) is 8.33.